The van der Waals surface area contributed by atoms with Gasteiger partial charge in [-0.25, -0.2) is 0 Å². The predicted octanol–water partition coefficient (Wildman–Crippen LogP) is 2.11. The highest BCUT2D eigenvalue weighted by Gasteiger charge is 2.44. The first-order valence-electron chi connectivity index (χ1n) is 7.73. The Kier molecular flexibility index (Phi) is 3.52. The first-order valence-corrected chi connectivity index (χ1v) is 7.73. The lowest BCUT2D eigenvalue weighted by Crippen LogP contribution is -2.26. The Morgan fingerprint density at radius 2 is 1.46 bits per heavy atom. The zero-order chi connectivity index (χ0) is 16.6. The van der Waals surface area contributed by atoms with Crippen molar-refractivity contribution in [3.05, 3.63) is 77.6 Å². The molecule has 1 aromatic carbocycles. The van der Waals surface area contributed by atoms with E-state index in [2.05, 4.69) is 9.97 Å². The summed E-state index contributed by atoms with van der Waals surface area (Å²) >= 11 is 0. The van der Waals surface area contributed by atoms with Crippen LogP contribution in [0.1, 0.15) is 16.7 Å². The van der Waals surface area contributed by atoms with E-state index in [1.165, 1.54) is 0 Å². The normalized spacial score (nSPS) is 14.1. The zero-order valence-corrected chi connectivity index (χ0v) is 12.9. The largest absolute Gasteiger partial charge is 0.491 e. The van der Waals surface area contributed by atoms with Crippen molar-refractivity contribution in [3.8, 4) is 17.1 Å². The Bertz CT molecular complexity index is 832. The van der Waals surface area contributed by atoms with Gasteiger partial charge >= 0.3 is 0 Å². The van der Waals surface area contributed by atoms with Crippen LogP contribution in [-0.2, 0) is 5.60 Å². The van der Waals surface area contributed by atoms with Crippen molar-refractivity contribution in [2.45, 2.75) is 5.60 Å². The van der Waals surface area contributed by atoms with Crippen LogP contribution in [0.2, 0.25) is 0 Å². The average Bonchev–Trinajstić information content (AvgIpc) is 2.91. The summed E-state index contributed by atoms with van der Waals surface area (Å²) in [6.45, 7) is 0.201. The molecule has 0 aliphatic heterocycles. The summed E-state index contributed by atoms with van der Waals surface area (Å²) in [6.07, 6.45) is 3.41. The lowest BCUT2D eigenvalue weighted by Gasteiger charge is -2.26. The molecule has 0 atom stereocenters. The third-order valence-corrected chi connectivity index (χ3v) is 4.25. The van der Waals surface area contributed by atoms with Gasteiger partial charge in [0.1, 0.15) is 18.0 Å². The molecule has 0 unspecified atom stereocenters. The van der Waals surface area contributed by atoms with Gasteiger partial charge in [-0.3, -0.25) is 9.97 Å². The van der Waals surface area contributed by atoms with Gasteiger partial charge in [-0.05, 0) is 29.8 Å². The van der Waals surface area contributed by atoms with Gasteiger partial charge in [0.05, 0.1) is 18.0 Å². The van der Waals surface area contributed by atoms with E-state index in [4.69, 9.17) is 9.84 Å². The number of aliphatic hydroxyl groups is 2. The first kappa shape index (κ1) is 14.8. The molecular formula is C19H16N2O3. The van der Waals surface area contributed by atoms with E-state index in [0.29, 0.717) is 17.1 Å². The van der Waals surface area contributed by atoms with E-state index in [9.17, 15) is 5.11 Å². The van der Waals surface area contributed by atoms with Crippen LogP contribution in [-0.4, -0.2) is 33.4 Å². The van der Waals surface area contributed by atoms with E-state index in [-0.39, 0.29) is 13.2 Å². The van der Waals surface area contributed by atoms with E-state index < -0.39 is 5.60 Å². The standard InChI is InChI=1S/C19H16N2O3/c22-11-12-24-14-7-5-13(6-8-14)19(23)15-3-1-9-20-17(15)18-16(19)4-2-10-21-18/h1-10,22-23H,11-12H2. The Labute approximate surface area is 139 Å². The van der Waals surface area contributed by atoms with E-state index in [0.717, 1.165) is 16.7 Å². The summed E-state index contributed by atoms with van der Waals surface area (Å²) in [5.74, 6) is 0.646. The van der Waals surface area contributed by atoms with Crippen LogP contribution in [0.3, 0.4) is 0 Å². The van der Waals surface area contributed by atoms with Crippen molar-refractivity contribution in [1.82, 2.24) is 9.97 Å². The number of rotatable bonds is 4. The molecule has 4 rings (SSSR count). The molecule has 0 saturated carbocycles. The number of aromatic nitrogens is 2. The molecule has 2 N–H and O–H groups in total. The van der Waals surface area contributed by atoms with Crippen LogP contribution in [0.15, 0.2) is 60.9 Å². The summed E-state index contributed by atoms with van der Waals surface area (Å²) in [6, 6.07) is 14.6. The van der Waals surface area contributed by atoms with Crippen molar-refractivity contribution in [3.63, 3.8) is 0 Å². The van der Waals surface area contributed by atoms with E-state index >= 15 is 0 Å². The fourth-order valence-electron chi connectivity index (χ4n) is 3.18. The monoisotopic (exact) mass is 320 g/mol. The van der Waals surface area contributed by atoms with E-state index in [1.54, 1.807) is 24.5 Å². The number of fused-ring (bicyclic) bond motifs is 3. The number of hydrogen-bond acceptors (Lipinski definition) is 5. The molecule has 24 heavy (non-hydrogen) atoms. The highest BCUT2D eigenvalue weighted by atomic mass is 16.5. The minimum Gasteiger partial charge on any atom is -0.491 e. The molecule has 1 aliphatic rings. The molecule has 0 spiro atoms. The Balaban J connectivity index is 1.84. The van der Waals surface area contributed by atoms with Gasteiger partial charge in [0.15, 0.2) is 0 Å². The van der Waals surface area contributed by atoms with Gasteiger partial charge in [-0.1, -0.05) is 24.3 Å². The summed E-state index contributed by atoms with van der Waals surface area (Å²) in [5.41, 5.74) is 2.29. The number of ether oxygens (including phenoxy) is 1. The van der Waals surface area contributed by atoms with Gasteiger partial charge in [0.2, 0.25) is 0 Å². The van der Waals surface area contributed by atoms with Crippen molar-refractivity contribution in [2.24, 2.45) is 0 Å². The molecule has 0 saturated heterocycles. The minimum absolute atomic E-state index is 0.0379. The number of nitrogens with zero attached hydrogens (tertiary/aromatic N) is 2. The molecule has 0 amide bonds. The molecule has 0 bridgehead atoms. The van der Waals surface area contributed by atoms with Crippen molar-refractivity contribution < 1.29 is 14.9 Å². The van der Waals surface area contributed by atoms with Gasteiger partial charge in [0.25, 0.3) is 0 Å². The van der Waals surface area contributed by atoms with Crippen molar-refractivity contribution in [2.75, 3.05) is 13.2 Å². The van der Waals surface area contributed by atoms with Gasteiger partial charge in [-0.15, -0.1) is 0 Å². The maximum atomic E-state index is 11.6. The zero-order valence-electron chi connectivity index (χ0n) is 12.9. The van der Waals surface area contributed by atoms with Crippen LogP contribution < -0.4 is 4.74 Å². The van der Waals surface area contributed by atoms with Gasteiger partial charge in [-0.2, -0.15) is 0 Å². The van der Waals surface area contributed by atoms with Gasteiger partial charge < -0.3 is 14.9 Å². The second-order valence-electron chi connectivity index (χ2n) is 5.61. The van der Waals surface area contributed by atoms with Crippen molar-refractivity contribution in [1.29, 1.82) is 0 Å². The molecule has 2 aromatic heterocycles. The molecule has 0 fully saturated rings. The van der Waals surface area contributed by atoms with Crippen LogP contribution in [0.5, 0.6) is 5.75 Å². The Morgan fingerprint density at radius 3 is 2.00 bits per heavy atom. The third-order valence-electron chi connectivity index (χ3n) is 4.25. The summed E-state index contributed by atoms with van der Waals surface area (Å²) in [4.78, 5) is 8.81. The minimum atomic E-state index is -1.29. The van der Waals surface area contributed by atoms with Crippen LogP contribution in [0.25, 0.3) is 11.4 Å². The lowest BCUT2D eigenvalue weighted by atomic mass is 9.85. The van der Waals surface area contributed by atoms with Crippen LogP contribution in [0.4, 0.5) is 0 Å². The smallest absolute Gasteiger partial charge is 0.144 e. The van der Waals surface area contributed by atoms with Crippen molar-refractivity contribution >= 4 is 0 Å². The summed E-state index contributed by atoms with van der Waals surface area (Å²) < 4.78 is 5.39. The lowest BCUT2D eigenvalue weighted by molar-refractivity contribution is 0.130. The van der Waals surface area contributed by atoms with Crippen LogP contribution in [0, 0.1) is 0 Å². The molecule has 5 heteroatoms. The summed E-state index contributed by atoms with van der Waals surface area (Å²) in [7, 11) is 0. The molecular weight excluding hydrogens is 304 g/mol. The predicted molar refractivity (Wildman–Crippen MR) is 88.6 cm³/mol. The summed E-state index contributed by atoms with van der Waals surface area (Å²) in [5, 5.41) is 20.4. The van der Waals surface area contributed by atoms with Crippen LogP contribution >= 0.6 is 0 Å². The van der Waals surface area contributed by atoms with Gasteiger partial charge in [0, 0.05) is 23.5 Å². The Hall–Kier alpha value is -2.76. The first-order chi connectivity index (χ1) is 11.7. The SMILES string of the molecule is OCCOc1ccc(C2(O)c3cccnc3-c3ncccc32)cc1. The topological polar surface area (TPSA) is 75.5 Å². The fourth-order valence-corrected chi connectivity index (χ4v) is 3.18. The second kappa shape index (κ2) is 5.70. The quantitative estimate of drug-likeness (QED) is 0.770. The second-order valence-corrected chi connectivity index (χ2v) is 5.61. The number of pyridine rings is 2. The highest BCUT2D eigenvalue weighted by molar-refractivity contribution is 5.76. The Morgan fingerprint density at radius 1 is 0.875 bits per heavy atom. The number of hydrogen-bond donors (Lipinski definition) is 2. The maximum absolute atomic E-state index is 11.6. The molecule has 120 valence electrons. The molecule has 2 heterocycles. The molecule has 0 radical (unpaired) electrons. The fraction of sp³-hybridized carbons (Fsp3) is 0.158. The number of aliphatic hydroxyl groups excluding tert-OH is 1. The highest BCUT2D eigenvalue weighted by Crippen LogP contribution is 2.48. The number of benzene rings is 1. The average molecular weight is 320 g/mol. The molecule has 3 aromatic rings. The third kappa shape index (κ3) is 2.10. The molecule has 5 nitrogen and oxygen atoms in total. The van der Waals surface area contributed by atoms with E-state index in [1.807, 2.05) is 36.4 Å². The molecule has 1 aliphatic carbocycles. The maximum Gasteiger partial charge on any atom is 0.144 e.